The Balaban J connectivity index is 2.08. The number of aryl methyl sites for hydroxylation is 2. The number of aromatic nitrogens is 2. The van der Waals surface area contributed by atoms with Gasteiger partial charge in [-0.05, 0) is 44.4 Å². The lowest BCUT2D eigenvalue weighted by Crippen LogP contribution is -2.24. The second-order valence-electron chi connectivity index (χ2n) is 5.35. The molecule has 3 N–H and O–H groups in total. The van der Waals surface area contributed by atoms with Gasteiger partial charge < -0.3 is 11.1 Å². The Kier molecular flexibility index (Phi) is 2.73. The molecule has 4 heteroatoms. The molecule has 0 aliphatic carbocycles. The first-order valence-electron chi connectivity index (χ1n) is 6.73. The quantitative estimate of drug-likeness (QED) is 0.771. The van der Waals surface area contributed by atoms with E-state index in [1.807, 2.05) is 6.92 Å². The zero-order valence-electron chi connectivity index (χ0n) is 11.7. The van der Waals surface area contributed by atoms with Crippen molar-refractivity contribution in [3.05, 3.63) is 40.6 Å². The van der Waals surface area contributed by atoms with Gasteiger partial charge in [0.25, 0.3) is 0 Å². The van der Waals surface area contributed by atoms with Crippen LogP contribution in [0.2, 0.25) is 0 Å². The Hall–Kier alpha value is -1.97. The van der Waals surface area contributed by atoms with Crippen LogP contribution in [0.25, 0.3) is 0 Å². The third-order valence-electron chi connectivity index (χ3n) is 4.08. The molecule has 1 unspecified atom stereocenters. The number of fused-ring (bicyclic) bond motifs is 1. The van der Waals surface area contributed by atoms with Crippen molar-refractivity contribution in [2.75, 3.05) is 17.6 Å². The van der Waals surface area contributed by atoms with Gasteiger partial charge in [-0.2, -0.15) is 5.10 Å². The van der Waals surface area contributed by atoms with Gasteiger partial charge in [-0.1, -0.05) is 12.1 Å². The third-order valence-corrected chi connectivity index (χ3v) is 4.08. The van der Waals surface area contributed by atoms with Crippen LogP contribution < -0.4 is 11.1 Å². The van der Waals surface area contributed by atoms with Crippen LogP contribution in [0.5, 0.6) is 0 Å². The smallest absolute Gasteiger partial charge is 0.128 e. The van der Waals surface area contributed by atoms with Gasteiger partial charge in [0.15, 0.2) is 0 Å². The lowest BCUT2D eigenvalue weighted by Gasteiger charge is -2.27. The minimum Gasteiger partial charge on any atom is -0.399 e. The largest absolute Gasteiger partial charge is 0.399 e. The molecule has 0 saturated carbocycles. The van der Waals surface area contributed by atoms with Crippen molar-refractivity contribution in [3.63, 3.8) is 0 Å². The van der Waals surface area contributed by atoms with Crippen LogP contribution in [0, 0.1) is 20.8 Å². The summed E-state index contributed by atoms with van der Waals surface area (Å²) in [6.45, 7) is 7.19. The fourth-order valence-electron chi connectivity index (χ4n) is 2.69. The van der Waals surface area contributed by atoms with E-state index in [9.17, 15) is 0 Å². The molecule has 1 aromatic heterocycles. The predicted octanol–water partition coefficient (Wildman–Crippen LogP) is 2.80. The van der Waals surface area contributed by atoms with Crippen molar-refractivity contribution in [1.82, 2.24) is 9.78 Å². The zero-order chi connectivity index (χ0) is 13.6. The number of hydrogen-bond acceptors (Lipinski definition) is 3. The van der Waals surface area contributed by atoms with Crippen LogP contribution in [0.3, 0.4) is 0 Å². The maximum absolute atomic E-state index is 6.04. The van der Waals surface area contributed by atoms with Crippen molar-refractivity contribution in [1.29, 1.82) is 0 Å². The number of hydrogen-bond donors (Lipinski definition) is 2. The molecular weight excluding hydrogens is 236 g/mol. The molecule has 19 heavy (non-hydrogen) atoms. The highest BCUT2D eigenvalue weighted by molar-refractivity contribution is 5.52. The van der Waals surface area contributed by atoms with Crippen LogP contribution in [0.4, 0.5) is 11.5 Å². The van der Waals surface area contributed by atoms with Crippen molar-refractivity contribution in [3.8, 4) is 0 Å². The number of nitrogens with zero attached hydrogens (tertiary/aromatic N) is 2. The Bertz CT molecular complexity index is 627. The number of anilines is 2. The fourth-order valence-corrected chi connectivity index (χ4v) is 2.69. The number of benzene rings is 1. The lowest BCUT2D eigenvalue weighted by molar-refractivity contribution is 0.479. The molecule has 0 fully saturated rings. The van der Waals surface area contributed by atoms with E-state index in [4.69, 9.17) is 5.73 Å². The Morgan fingerprint density at radius 3 is 2.84 bits per heavy atom. The van der Waals surface area contributed by atoms with E-state index >= 15 is 0 Å². The van der Waals surface area contributed by atoms with Crippen LogP contribution in [0.15, 0.2) is 18.2 Å². The normalized spacial score (nSPS) is 17.9. The second kappa shape index (κ2) is 4.30. The fraction of sp³-hybridized carbons (Fsp3) is 0.400. The molecule has 2 aromatic rings. The van der Waals surface area contributed by atoms with Gasteiger partial charge in [-0.25, -0.2) is 4.68 Å². The van der Waals surface area contributed by atoms with Gasteiger partial charge in [0.1, 0.15) is 5.82 Å². The molecule has 1 aliphatic rings. The number of nitrogen functional groups attached to an aromatic ring is 1. The van der Waals surface area contributed by atoms with Crippen LogP contribution in [-0.4, -0.2) is 16.3 Å². The highest BCUT2D eigenvalue weighted by Gasteiger charge is 2.24. The molecular formula is C15H20N4. The summed E-state index contributed by atoms with van der Waals surface area (Å²) in [7, 11) is 0. The molecule has 0 bridgehead atoms. The summed E-state index contributed by atoms with van der Waals surface area (Å²) >= 11 is 0. The SMILES string of the molecule is Cc1ccc(C2CCNc3c(C)c(C)nn32)cc1N. The maximum Gasteiger partial charge on any atom is 0.128 e. The summed E-state index contributed by atoms with van der Waals surface area (Å²) in [6, 6.07) is 6.63. The topological polar surface area (TPSA) is 55.9 Å². The van der Waals surface area contributed by atoms with Gasteiger partial charge >= 0.3 is 0 Å². The van der Waals surface area contributed by atoms with E-state index in [0.29, 0.717) is 0 Å². The van der Waals surface area contributed by atoms with Gasteiger partial charge in [-0.3, -0.25) is 0 Å². The summed E-state index contributed by atoms with van der Waals surface area (Å²) in [6.07, 6.45) is 1.04. The van der Waals surface area contributed by atoms with E-state index in [1.54, 1.807) is 0 Å². The summed E-state index contributed by atoms with van der Waals surface area (Å²) in [5.74, 6) is 1.15. The molecule has 0 radical (unpaired) electrons. The Labute approximate surface area is 113 Å². The van der Waals surface area contributed by atoms with E-state index in [0.717, 1.165) is 35.7 Å². The maximum atomic E-state index is 6.04. The Morgan fingerprint density at radius 2 is 2.11 bits per heavy atom. The van der Waals surface area contributed by atoms with E-state index in [-0.39, 0.29) is 6.04 Å². The van der Waals surface area contributed by atoms with E-state index < -0.39 is 0 Å². The molecule has 0 spiro atoms. The first-order chi connectivity index (χ1) is 9.08. The molecule has 100 valence electrons. The Morgan fingerprint density at radius 1 is 1.32 bits per heavy atom. The summed E-state index contributed by atoms with van der Waals surface area (Å²) < 4.78 is 2.11. The van der Waals surface area contributed by atoms with E-state index in [1.165, 1.54) is 11.1 Å². The first kappa shape index (κ1) is 12.1. The minimum absolute atomic E-state index is 0.284. The number of nitrogens with two attached hydrogens (primary N) is 1. The lowest BCUT2D eigenvalue weighted by atomic mass is 10.00. The van der Waals surface area contributed by atoms with Gasteiger partial charge in [-0.15, -0.1) is 0 Å². The number of rotatable bonds is 1. The molecule has 0 saturated heterocycles. The highest BCUT2D eigenvalue weighted by atomic mass is 15.4. The molecule has 1 aliphatic heterocycles. The average molecular weight is 256 g/mol. The van der Waals surface area contributed by atoms with Crippen molar-refractivity contribution in [2.24, 2.45) is 0 Å². The molecule has 1 aromatic carbocycles. The average Bonchev–Trinajstić information content (AvgIpc) is 2.69. The molecule has 1 atom stereocenters. The standard InChI is InChI=1S/C15H20N4/c1-9-4-5-12(8-13(9)16)14-6-7-17-15-10(2)11(3)18-19(14)15/h4-5,8,14,17H,6-7,16H2,1-3H3. The van der Waals surface area contributed by atoms with Gasteiger partial charge in [0.05, 0.1) is 11.7 Å². The number of nitrogens with one attached hydrogen (secondary N) is 1. The van der Waals surface area contributed by atoms with Crippen molar-refractivity contribution < 1.29 is 0 Å². The van der Waals surface area contributed by atoms with Gasteiger partial charge in [0, 0.05) is 17.8 Å². The zero-order valence-corrected chi connectivity index (χ0v) is 11.7. The summed E-state index contributed by atoms with van der Waals surface area (Å²) in [5.41, 5.74) is 11.6. The molecule has 0 amide bonds. The summed E-state index contributed by atoms with van der Waals surface area (Å²) in [5, 5.41) is 8.12. The third kappa shape index (κ3) is 1.87. The van der Waals surface area contributed by atoms with Crippen molar-refractivity contribution >= 4 is 11.5 Å². The van der Waals surface area contributed by atoms with Crippen LogP contribution in [0.1, 0.15) is 34.8 Å². The monoisotopic (exact) mass is 256 g/mol. The molecule has 3 rings (SSSR count). The molecule has 4 nitrogen and oxygen atoms in total. The first-order valence-corrected chi connectivity index (χ1v) is 6.73. The second-order valence-corrected chi connectivity index (χ2v) is 5.35. The van der Waals surface area contributed by atoms with E-state index in [2.05, 4.69) is 47.1 Å². The van der Waals surface area contributed by atoms with Crippen molar-refractivity contribution in [2.45, 2.75) is 33.2 Å². The summed E-state index contributed by atoms with van der Waals surface area (Å²) in [4.78, 5) is 0. The van der Waals surface area contributed by atoms with Gasteiger partial charge in [0.2, 0.25) is 0 Å². The van der Waals surface area contributed by atoms with Crippen LogP contribution >= 0.6 is 0 Å². The van der Waals surface area contributed by atoms with Crippen LogP contribution in [-0.2, 0) is 0 Å². The highest BCUT2D eigenvalue weighted by Crippen LogP contribution is 2.33. The minimum atomic E-state index is 0.284. The molecule has 2 heterocycles. The predicted molar refractivity (Wildman–Crippen MR) is 78.5 cm³/mol.